The third-order valence-electron chi connectivity index (χ3n) is 7.02. The summed E-state index contributed by atoms with van der Waals surface area (Å²) in [6.07, 6.45) is -1.03. The summed E-state index contributed by atoms with van der Waals surface area (Å²) in [6, 6.07) is 12.0. The first kappa shape index (κ1) is 26.5. The van der Waals surface area contributed by atoms with Crippen molar-refractivity contribution < 1.29 is 29.3 Å². The number of amides is 1. The molecule has 8 heteroatoms. The topological polar surface area (TPSA) is 107 Å². The SMILES string of the molecule is CC(C)(C)OC(=O)N1Cc2ccccc2C[C@@H]1C(O)CN1CC(C)(C)c2cc(C(=O)O)ccc2C1=C=O. The Bertz CT molecular complexity index is 1270. The quantitative estimate of drug-likeness (QED) is 0.606. The molecule has 1 amide bonds. The standard InChI is InChI=1S/C29H34N2O6/c1-28(2,3)37-27(36)31-14-20-9-7-6-8-18(20)13-23(31)25(33)15-30-17-29(4,5)22-12-19(26(34)35)10-11-21(22)24(30)16-32/h6-12,23,25,33H,13-15,17H2,1-5H3,(H,34,35)/t23-,25?/m1/s1. The van der Waals surface area contributed by atoms with Crippen molar-refractivity contribution in [2.75, 3.05) is 13.1 Å². The first-order valence-corrected chi connectivity index (χ1v) is 12.4. The van der Waals surface area contributed by atoms with Gasteiger partial charge in [0.1, 0.15) is 11.3 Å². The van der Waals surface area contributed by atoms with Gasteiger partial charge in [-0.1, -0.05) is 44.2 Å². The van der Waals surface area contributed by atoms with Gasteiger partial charge in [-0.2, -0.15) is 0 Å². The smallest absolute Gasteiger partial charge is 0.410 e. The number of carbonyl (C=O) groups is 2. The number of hydrogen-bond acceptors (Lipinski definition) is 6. The van der Waals surface area contributed by atoms with Crippen molar-refractivity contribution in [3.05, 3.63) is 70.3 Å². The molecule has 0 fully saturated rings. The Morgan fingerprint density at radius 3 is 2.46 bits per heavy atom. The highest BCUT2D eigenvalue weighted by Gasteiger charge is 2.41. The first-order valence-electron chi connectivity index (χ1n) is 12.4. The monoisotopic (exact) mass is 506 g/mol. The van der Waals surface area contributed by atoms with Gasteiger partial charge in [0.25, 0.3) is 0 Å². The summed E-state index contributed by atoms with van der Waals surface area (Å²) in [5, 5.41) is 20.9. The molecule has 1 unspecified atom stereocenters. The van der Waals surface area contributed by atoms with E-state index in [1.54, 1.807) is 42.7 Å². The highest BCUT2D eigenvalue weighted by atomic mass is 16.6. The fourth-order valence-corrected chi connectivity index (χ4v) is 5.29. The first-order chi connectivity index (χ1) is 17.3. The molecule has 2 atom stereocenters. The van der Waals surface area contributed by atoms with Crippen molar-refractivity contribution >= 4 is 23.7 Å². The normalized spacial score (nSPS) is 19.4. The molecule has 2 heterocycles. The van der Waals surface area contributed by atoms with Gasteiger partial charge < -0.3 is 19.8 Å². The Labute approximate surface area is 217 Å². The molecule has 2 aliphatic heterocycles. The highest BCUT2D eigenvalue weighted by Crippen LogP contribution is 2.39. The number of carboxylic acids is 1. The second-order valence-corrected chi connectivity index (χ2v) is 11.5. The lowest BCUT2D eigenvalue weighted by Gasteiger charge is -2.45. The van der Waals surface area contributed by atoms with E-state index >= 15 is 0 Å². The van der Waals surface area contributed by atoms with E-state index in [9.17, 15) is 24.6 Å². The predicted octanol–water partition coefficient (Wildman–Crippen LogP) is 3.87. The van der Waals surface area contributed by atoms with Crippen LogP contribution in [0.2, 0.25) is 0 Å². The number of rotatable bonds is 4. The minimum absolute atomic E-state index is 0.0975. The van der Waals surface area contributed by atoms with Gasteiger partial charge in [0.15, 0.2) is 5.94 Å². The predicted molar refractivity (Wildman–Crippen MR) is 139 cm³/mol. The van der Waals surface area contributed by atoms with E-state index in [0.717, 1.165) is 16.7 Å². The number of aliphatic hydroxyl groups is 1. The van der Waals surface area contributed by atoms with Crippen molar-refractivity contribution in [2.24, 2.45) is 0 Å². The maximum absolute atomic E-state index is 13.2. The minimum Gasteiger partial charge on any atom is -0.478 e. The average Bonchev–Trinajstić information content (AvgIpc) is 2.81. The number of aliphatic hydroxyl groups excluding tert-OH is 1. The molecule has 2 aliphatic rings. The van der Waals surface area contributed by atoms with Gasteiger partial charge in [-0.25, -0.2) is 14.4 Å². The molecule has 2 aromatic rings. The third kappa shape index (κ3) is 5.41. The van der Waals surface area contributed by atoms with Crippen LogP contribution in [0.4, 0.5) is 4.79 Å². The average molecular weight is 507 g/mol. The number of ether oxygens (including phenoxy) is 1. The van der Waals surface area contributed by atoms with Gasteiger partial charge in [0.2, 0.25) is 0 Å². The van der Waals surface area contributed by atoms with Gasteiger partial charge in [-0.05, 0) is 56.0 Å². The lowest BCUT2D eigenvalue weighted by Crippen LogP contribution is -2.55. The van der Waals surface area contributed by atoms with E-state index in [-0.39, 0.29) is 17.8 Å². The molecule has 2 aromatic carbocycles. The molecule has 0 saturated heterocycles. The lowest BCUT2D eigenvalue weighted by molar-refractivity contribution is -0.0168. The Kier molecular flexibility index (Phi) is 6.93. The number of benzene rings is 2. The summed E-state index contributed by atoms with van der Waals surface area (Å²) in [6.45, 7) is 10.1. The number of carbonyl (C=O) groups excluding carboxylic acids is 2. The molecule has 0 spiro atoms. The number of carboxylic acid groups (broad SMARTS) is 1. The zero-order chi connectivity index (χ0) is 27.1. The second-order valence-electron chi connectivity index (χ2n) is 11.5. The molecule has 2 N–H and O–H groups in total. The number of hydrogen-bond donors (Lipinski definition) is 2. The van der Waals surface area contributed by atoms with Gasteiger partial charge in [0.05, 0.1) is 17.7 Å². The van der Waals surface area contributed by atoms with Crippen molar-refractivity contribution in [3.63, 3.8) is 0 Å². The molecule has 4 rings (SSSR count). The Hall–Kier alpha value is -3.61. The molecule has 0 aliphatic carbocycles. The van der Waals surface area contributed by atoms with Crippen LogP contribution in [0.25, 0.3) is 5.70 Å². The van der Waals surface area contributed by atoms with Crippen molar-refractivity contribution in [2.45, 2.75) is 70.7 Å². The molecular weight excluding hydrogens is 472 g/mol. The fourth-order valence-electron chi connectivity index (χ4n) is 5.29. The molecular formula is C29H34N2O6. The van der Waals surface area contributed by atoms with E-state index in [0.29, 0.717) is 25.1 Å². The maximum atomic E-state index is 13.2. The van der Waals surface area contributed by atoms with Crippen LogP contribution in [-0.4, -0.2) is 68.9 Å². The van der Waals surface area contributed by atoms with Gasteiger partial charge in [-0.15, -0.1) is 0 Å². The molecule has 196 valence electrons. The summed E-state index contributed by atoms with van der Waals surface area (Å²) >= 11 is 0. The lowest BCUT2D eigenvalue weighted by atomic mass is 9.76. The number of fused-ring (bicyclic) bond motifs is 2. The summed E-state index contributed by atoms with van der Waals surface area (Å²) in [5.74, 6) is 0.980. The van der Waals surface area contributed by atoms with Gasteiger partial charge >= 0.3 is 12.1 Å². The van der Waals surface area contributed by atoms with Crippen molar-refractivity contribution in [1.82, 2.24) is 9.80 Å². The molecule has 37 heavy (non-hydrogen) atoms. The van der Waals surface area contributed by atoms with Crippen LogP contribution in [0, 0.1) is 0 Å². The van der Waals surface area contributed by atoms with Crippen LogP contribution >= 0.6 is 0 Å². The van der Waals surface area contributed by atoms with Crippen LogP contribution in [0.15, 0.2) is 42.5 Å². The maximum Gasteiger partial charge on any atom is 0.410 e. The number of β-amino-alcohol motifs (C(OH)–C–C–N with tert-alkyl or cyclic N) is 1. The van der Waals surface area contributed by atoms with E-state index in [1.807, 2.05) is 44.1 Å². The zero-order valence-electron chi connectivity index (χ0n) is 21.9. The van der Waals surface area contributed by atoms with Gasteiger partial charge in [0, 0.05) is 30.6 Å². The number of nitrogens with zero attached hydrogens (tertiary/aromatic N) is 2. The summed E-state index contributed by atoms with van der Waals surface area (Å²) < 4.78 is 5.66. The zero-order valence-corrected chi connectivity index (χ0v) is 21.9. The minimum atomic E-state index is -1.03. The van der Waals surface area contributed by atoms with E-state index < -0.39 is 35.2 Å². The summed E-state index contributed by atoms with van der Waals surface area (Å²) in [7, 11) is 0. The molecule has 0 saturated carbocycles. The number of aromatic carboxylic acids is 1. The van der Waals surface area contributed by atoms with Gasteiger partial charge in [-0.3, -0.25) is 4.90 Å². The largest absolute Gasteiger partial charge is 0.478 e. The second kappa shape index (κ2) is 9.69. The Balaban J connectivity index is 1.64. The molecule has 0 bridgehead atoms. The molecule has 0 radical (unpaired) electrons. The Morgan fingerprint density at radius 1 is 1.16 bits per heavy atom. The van der Waals surface area contributed by atoms with Crippen LogP contribution in [0.1, 0.15) is 67.2 Å². The summed E-state index contributed by atoms with van der Waals surface area (Å²) in [4.78, 5) is 40.2. The van der Waals surface area contributed by atoms with Crippen LogP contribution in [0.3, 0.4) is 0 Å². The van der Waals surface area contributed by atoms with Crippen molar-refractivity contribution in [3.8, 4) is 0 Å². The summed E-state index contributed by atoms with van der Waals surface area (Å²) in [5.41, 5.74) is 2.65. The van der Waals surface area contributed by atoms with Crippen molar-refractivity contribution in [1.29, 1.82) is 0 Å². The van der Waals surface area contributed by atoms with Crippen LogP contribution < -0.4 is 0 Å². The van der Waals surface area contributed by atoms with E-state index in [2.05, 4.69) is 0 Å². The highest BCUT2D eigenvalue weighted by molar-refractivity contribution is 5.92. The fraction of sp³-hybridized carbons (Fsp3) is 0.448. The van der Waals surface area contributed by atoms with E-state index in [1.165, 1.54) is 6.07 Å². The van der Waals surface area contributed by atoms with Crippen LogP contribution in [0.5, 0.6) is 0 Å². The van der Waals surface area contributed by atoms with E-state index in [4.69, 9.17) is 4.74 Å². The molecule has 8 nitrogen and oxygen atoms in total. The molecule has 0 aromatic heterocycles. The third-order valence-corrected chi connectivity index (χ3v) is 7.02. The Morgan fingerprint density at radius 2 is 1.84 bits per heavy atom. The van der Waals surface area contributed by atoms with Crippen LogP contribution in [-0.2, 0) is 27.9 Å².